The van der Waals surface area contributed by atoms with Crippen LogP contribution in [0.15, 0.2) is 24.3 Å². The Morgan fingerprint density at radius 2 is 2.33 bits per heavy atom. The zero-order chi connectivity index (χ0) is 12.8. The second-order valence-electron chi connectivity index (χ2n) is 5.15. The third-order valence-electron chi connectivity index (χ3n) is 3.37. The van der Waals surface area contributed by atoms with Gasteiger partial charge < -0.3 is 14.8 Å². The van der Waals surface area contributed by atoms with Gasteiger partial charge in [-0.05, 0) is 44.4 Å². The van der Waals surface area contributed by atoms with Crippen molar-refractivity contribution < 1.29 is 9.47 Å². The van der Waals surface area contributed by atoms with Gasteiger partial charge in [-0.25, -0.2) is 0 Å². The molecule has 0 aromatic heterocycles. The molecule has 3 heteroatoms. The van der Waals surface area contributed by atoms with Gasteiger partial charge in [0.25, 0.3) is 0 Å². The summed E-state index contributed by atoms with van der Waals surface area (Å²) in [6.45, 7) is 7.52. The molecule has 1 aliphatic heterocycles. The van der Waals surface area contributed by atoms with Gasteiger partial charge in [0, 0.05) is 18.7 Å². The van der Waals surface area contributed by atoms with E-state index >= 15 is 0 Å². The van der Waals surface area contributed by atoms with E-state index in [4.69, 9.17) is 9.47 Å². The van der Waals surface area contributed by atoms with Crippen LogP contribution in [-0.2, 0) is 11.3 Å². The first-order chi connectivity index (χ1) is 8.72. The topological polar surface area (TPSA) is 30.5 Å². The lowest BCUT2D eigenvalue weighted by Gasteiger charge is -2.34. The first-order valence-corrected chi connectivity index (χ1v) is 6.76. The minimum atomic E-state index is 0.111. The molecule has 1 fully saturated rings. The average Bonchev–Trinajstić information content (AvgIpc) is 2.38. The Balaban J connectivity index is 1.90. The summed E-state index contributed by atoms with van der Waals surface area (Å²) in [6.07, 6.45) is 2.32. The van der Waals surface area contributed by atoms with Gasteiger partial charge in [0.2, 0.25) is 0 Å². The van der Waals surface area contributed by atoms with Crippen LogP contribution in [0, 0.1) is 0 Å². The summed E-state index contributed by atoms with van der Waals surface area (Å²) >= 11 is 0. The van der Waals surface area contributed by atoms with E-state index in [9.17, 15) is 0 Å². The van der Waals surface area contributed by atoms with E-state index < -0.39 is 0 Å². The Kier molecular flexibility index (Phi) is 4.61. The van der Waals surface area contributed by atoms with Gasteiger partial charge in [-0.3, -0.25) is 0 Å². The quantitative estimate of drug-likeness (QED) is 0.870. The molecule has 1 unspecified atom stereocenters. The van der Waals surface area contributed by atoms with Gasteiger partial charge in [-0.15, -0.1) is 0 Å². The van der Waals surface area contributed by atoms with Crippen molar-refractivity contribution >= 4 is 0 Å². The smallest absolute Gasteiger partial charge is 0.119 e. The molecule has 0 aliphatic carbocycles. The molecule has 1 atom stereocenters. The number of nitrogens with one attached hydrogen (secondary N) is 1. The second-order valence-corrected chi connectivity index (χ2v) is 5.15. The zero-order valence-electron chi connectivity index (χ0n) is 11.4. The molecule has 1 N–H and O–H groups in total. The molecule has 3 nitrogen and oxygen atoms in total. The van der Waals surface area contributed by atoms with Crippen LogP contribution in [0.4, 0.5) is 0 Å². The highest BCUT2D eigenvalue weighted by Gasteiger charge is 2.26. The molecular formula is C15H23NO2. The summed E-state index contributed by atoms with van der Waals surface area (Å²) in [6, 6.07) is 8.27. The molecule has 18 heavy (non-hydrogen) atoms. The van der Waals surface area contributed by atoms with Crippen LogP contribution in [0.3, 0.4) is 0 Å². The fraction of sp³-hybridized carbons (Fsp3) is 0.600. The second kappa shape index (κ2) is 6.21. The molecule has 0 amide bonds. The Morgan fingerprint density at radius 1 is 1.44 bits per heavy atom. The summed E-state index contributed by atoms with van der Waals surface area (Å²) in [5, 5.41) is 3.60. The maximum atomic E-state index is 5.55. The monoisotopic (exact) mass is 249 g/mol. The molecule has 0 saturated carbocycles. The Bertz CT molecular complexity index is 373. The lowest BCUT2D eigenvalue weighted by Crippen LogP contribution is -2.48. The maximum Gasteiger partial charge on any atom is 0.119 e. The molecule has 1 aliphatic rings. The van der Waals surface area contributed by atoms with Gasteiger partial charge in [0.05, 0.1) is 13.2 Å². The Labute approximate surface area is 109 Å². The van der Waals surface area contributed by atoms with Crippen molar-refractivity contribution in [2.75, 3.05) is 19.8 Å². The summed E-state index contributed by atoms with van der Waals surface area (Å²) in [5.74, 6) is 0.946. The van der Waals surface area contributed by atoms with Gasteiger partial charge in [0.1, 0.15) is 5.75 Å². The predicted octanol–water partition coefficient (Wildman–Crippen LogP) is 2.74. The van der Waals surface area contributed by atoms with Crippen LogP contribution in [0.1, 0.15) is 32.3 Å². The largest absolute Gasteiger partial charge is 0.494 e. The van der Waals surface area contributed by atoms with E-state index in [1.54, 1.807) is 0 Å². The van der Waals surface area contributed by atoms with E-state index in [1.165, 1.54) is 12.0 Å². The van der Waals surface area contributed by atoms with Crippen molar-refractivity contribution in [1.82, 2.24) is 5.32 Å². The summed E-state index contributed by atoms with van der Waals surface area (Å²) in [7, 11) is 0. The minimum Gasteiger partial charge on any atom is -0.494 e. The van der Waals surface area contributed by atoms with Crippen LogP contribution < -0.4 is 10.1 Å². The normalized spacial score (nSPS) is 23.9. The molecule has 1 aromatic carbocycles. The fourth-order valence-corrected chi connectivity index (χ4v) is 2.30. The van der Waals surface area contributed by atoms with Crippen LogP contribution in [0.5, 0.6) is 5.75 Å². The van der Waals surface area contributed by atoms with E-state index in [-0.39, 0.29) is 5.54 Å². The van der Waals surface area contributed by atoms with Crippen molar-refractivity contribution in [3.63, 3.8) is 0 Å². The van der Waals surface area contributed by atoms with Crippen molar-refractivity contribution in [3.05, 3.63) is 29.8 Å². The predicted molar refractivity (Wildman–Crippen MR) is 72.9 cm³/mol. The van der Waals surface area contributed by atoms with Crippen molar-refractivity contribution in [3.8, 4) is 5.75 Å². The van der Waals surface area contributed by atoms with Crippen LogP contribution in [0.2, 0.25) is 0 Å². The molecular weight excluding hydrogens is 226 g/mol. The molecule has 0 spiro atoms. The highest BCUT2D eigenvalue weighted by Crippen LogP contribution is 2.20. The third-order valence-corrected chi connectivity index (χ3v) is 3.37. The highest BCUT2D eigenvalue weighted by molar-refractivity contribution is 5.28. The van der Waals surface area contributed by atoms with Crippen LogP contribution in [-0.4, -0.2) is 25.4 Å². The summed E-state index contributed by atoms with van der Waals surface area (Å²) < 4.78 is 11.1. The zero-order valence-corrected chi connectivity index (χ0v) is 11.4. The molecule has 100 valence electrons. The molecule has 0 radical (unpaired) electrons. The number of hydrogen-bond donors (Lipinski definition) is 1. The minimum absolute atomic E-state index is 0.111. The van der Waals surface area contributed by atoms with E-state index in [0.717, 1.165) is 31.9 Å². The van der Waals surface area contributed by atoms with Crippen molar-refractivity contribution in [1.29, 1.82) is 0 Å². The lowest BCUT2D eigenvalue weighted by atomic mass is 9.94. The van der Waals surface area contributed by atoms with E-state index in [1.807, 2.05) is 19.1 Å². The first-order valence-electron chi connectivity index (χ1n) is 6.76. The average molecular weight is 249 g/mol. The number of ether oxygens (including phenoxy) is 2. The Hall–Kier alpha value is -1.06. The molecule has 0 bridgehead atoms. The fourth-order valence-electron chi connectivity index (χ4n) is 2.30. The molecule has 1 heterocycles. The highest BCUT2D eigenvalue weighted by atomic mass is 16.5. The summed E-state index contributed by atoms with van der Waals surface area (Å²) in [5.41, 5.74) is 1.37. The van der Waals surface area contributed by atoms with Gasteiger partial charge >= 0.3 is 0 Å². The van der Waals surface area contributed by atoms with E-state index in [2.05, 4.69) is 24.4 Å². The standard InChI is InChI=1S/C15H23NO2/c1-3-18-14-7-4-6-13(10-14)11-16-15(2)8-5-9-17-12-15/h4,6-7,10,16H,3,5,8-9,11-12H2,1-2H3. The maximum absolute atomic E-state index is 5.55. The van der Waals surface area contributed by atoms with Crippen LogP contribution in [0.25, 0.3) is 0 Å². The number of benzene rings is 1. The first kappa shape index (κ1) is 13.4. The summed E-state index contributed by atoms with van der Waals surface area (Å²) in [4.78, 5) is 0. The molecule has 1 saturated heterocycles. The SMILES string of the molecule is CCOc1cccc(CNC2(C)CCCOC2)c1. The Morgan fingerprint density at radius 3 is 3.06 bits per heavy atom. The van der Waals surface area contributed by atoms with Gasteiger partial charge in [-0.1, -0.05) is 12.1 Å². The van der Waals surface area contributed by atoms with Crippen LogP contribution >= 0.6 is 0 Å². The van der Waals surface area contributed by atoms with Gasteiger partial charge in [0.15, 0.2) is 0 Å². The number of rotatable bonds is 5. The van der Waals surface area contributed by atoms with E-state index in [0.29, 0.717) is 6.61 Å². The van der Waals surface area contributed by atoms with Crippen molar-refractivity contribution in [2.45, 2.75) is 38.8 Å². The molecule has 1 aromatic rings. The molecule has 2 rings (SSSR count). The third kappa shape index (κ3) is 3.72. The van der Waals surface area contributed by atoms with Crippen molar-refractivity contribution in [2.24, 2.45) is 0 Å². The lowest BCUT2D eigenvalue weighted by molar-refractivity contribution is 0.0278. The van der Waals surface area contributed by atoms with Gasteiger partial charge in [-0.2, -0.15) is 0 Å². The number of hydrogen-bond acceptors (Lipinski definition) is 3.